The fraction of sp³-hybridized carbons (Fsp3) is 0.263. The number of benzene rings is 2. The van der Waals surface area contributed by atoms with E-state index in [0.717, 1.165) is 5.56 Å². The Bertz CT molecular complexity index is 1000. The molecule has 0 aromatic heterocycles. The van der Waals surface area contributed by atoms with Crippen LogP contribution >= 0.6 is 0 Å². The van der Waals surface area contributed by atoms with E-state index in [-0.39, 0.29) is 23.6 Å². The van der Waals surface area contributed by atoms with Crippen molar-refractivity contribution >= 4 is 21.8 Å². The first-order valence-electron chi connectivity index (χ1n) is 8.41. The molecule has 0 amide bonds. The summed E-state index contributed by atoms with van der Waals surface area (Å²) in [4.78, 5) is 17.8. The molecule has 2 aromatic rings. The molecule has 2 unspecified atom stereocenters. The van der Waals surface area contributed by atoms with E-state index in [1.807, 2.05) is 13.0 Å². The zero-order valence-electron chi connectivity index (χ0n) is 14.5. The van der Waals surface area contributed by atoms with Gasteiger partial charge in [0, 0.05) is 12.0 Å². The molecule has 8 heteroatoms. The Labute approximate surface area is 156 Å². The van der Waals surface area contributed by atoms with Gasteiger partial charge in [0.2, 0.25) is 0 Å². The Balaban J connectivity index is 1.74. The highest BCUT2D eigenvalue weighted by Crippen LogP contribution is 2.39. The molecule has 0 saturated carbocycles. The molecule has 1 fully saturated rings. The average molecular weight is 387 g/mol. The first kappa shape index (κ1) is 17.7. The van der Waals surface area contributed by atoms with Gasteiger partial charge in [-0.15, -0.1) is 0 Å². The van der Waals surface area contributed by atoms with Gasteiger partial charge >= 0.3 is 5.97 Å². The van der Waals surface area contributed by atoms with Crippen LogP contribution in [-0.4, -0.2) is 38.4 Å². The van der Waals surface area contributed by atoms with Crippen molar-refractivity contribution in [3.63, 3.8) is 0 Å². The third-order valence-electron chi connectivity index (χ3n) is 4.63. The molecule has 2 atom stereocenters. The van der Waals surface area contributed by atoms with Crippen LogP contribution in [0.1, 0.15) is 17.5 Å². The molecule has 2 aliphatic heterocycles. The fourth-order valence-corrected chi connectivity index (χ4v) is 4.19. The SMILES string of the molecule is Cc1ccc(S(=O)(=O)OC2C(c3ccccc3)=NOC23CCOC3=O)cc1. The molecule has 4 rings (SSSR count). The minimum Gasteiger partial charge on any atom is -0.462 e. The summed E-state index contributed by atoms with van der Waals surface area (Å²) in [5.41, 5.74) is 0.173. The minimum absolute atomic E-state index is 0.00562. The van der Waals surface area contributed by atoms with Crippen molar-refractivity contribution in [3.05, 3.63) is 65.7 Å². The van der Waals surface area contributed by atoms with Crippen LogP contribution in [0.15, 0.2) is 64.6 Å². The summed E-state index contributed by atoms with van der Waals surface area (Å²) >= 11 is 0. The van der Waals surface area contributed by atoms with Gasteiger partial charge in [-0.3, -0.25) is 4.18 Å². The van der Waals surface area contributed by atoms with Crippen LogP contribution in [0.25, 0.3) is 0 Å². The number of rotatable bonds is 4. The Morgan fingerprint density at radius 2 is 1.81 bits per heavy atom. The van der Waals surface area contributed by atoms with E-state index in [0.29, 0.717) is 5.56 Å². The zero-order valence-corrected chi connectivity index (χ0v) is 15.3. The third kappa shape index (κ3) is 3.00. The number of oxime groups is 1. The molecule has 27 heavy (non-hydrogen) atoms. The van der Waals surface area contributed by atoms with Crippen molar-refractivity contribution in [2.24, 2.45) is 5.16 Å². The maximum absolute atomic E-state index is 12.8. The van der Waals surface area contributed by atoms with Gasteiger partial charge in [-0.25, -0.2) is 4.79 Å². The lowest BCUT2D eigenvalue weighted by molar-refractivity contribution is -0.161. The second kappa shape index (κ2) is 6.47. The first-order chi connectivity index (χ1) is 12.9. The van der Waals surface area contributed by atoms with Gasteiger partial charge in [0.05, 0.1) is 11.5 Å². The van der Waals surface area contributed by atoms with Crippen molar-refractivity contribution in [1.29, 1.82) is 0 Å². The van der Waals surface area contributed by atoms with Crippen molar-refractivity contribution in [2.45, 2.75) is 29.9 Å². The molecule has 0 aliphatic carbocycles. The van der Waals surface area contributed by atoms with Gasteiger partial charge in [0.15, 0.2) is 6.10 Å². The standard InChI is InChI=1S/C19H17NO6S/c1-13-7-9-15(10-8-13)27(22,23)25-17-16(14-5-3-2-4-6-14)20-26-19(17)11-12-24-18(19)21/h2-10,17H,11-12H2,1H3. The Morgan fingerprint density at radius 3 is 2.44 bits per heavy atom. The quantitative estimate of drug-likeness (QED) is 0.590. The molecule has 2 heterocycles. The van der Waals surface area contributed by atoms with Gasteiger partial charge in [-0.1, -0.05) is 53.2 Å². The summed E-state index contributed by atoms with van der Waals surface area (Å²) in [7, 11) is -4.16. The van der Waals surface area contributed by atoms with Crippen LogP contribution in [0.3, 0.4) is 0 Å². The largest absolute Gasteiger partial charge is 0.462 e. The molecule has 2 aromatic carbocycles. The molecule has 1 spiro atoms. The third-order valence-corrected chi connectivity index (χ3v) is 5.93. The molecule has 7 nitrogen and oxygen atoms in total. The van der Waals surface area contributed by atoms with Crippen molar-refractivity contribution in [3.8, 4) is 0 Å². The van der Waals surface area contributed by atoms with E-state index in [2.05, 4.69) is 5.16 Å². The van der Waals surface area contributed by atoms with Crippen LogP contribution in [-0.2, 0) is 28.7 Å². The maximum Gasteiger partial charge on any atom is 0.356 e. The Morgan fingerprint density at radius 1 is 1.11 bits per heavy atom. The minimum atomic E-state index is -4.16. The van der Waals surface area contributed by atoms with E-state index in [1.165, 1.54) is 12.1 Å². The summed E-state index contributed by atoms with van der Waals surface area (Å²) in [6, 6.07) is 15.1. The lowest BCUT2D eigenvalue weighted by atomic mass is 9.90. The number of hydrogen-bond donors (Lipinski definition) is 0. The van der Waals surface area contributed by atoms with E-state index < -0.39 is 27.8 Å². The number of aryl methyl sites for hydroxylation is 1. The predicted octanol–water partition coefficient (Wildman–Crippen LogP) is 2.19. The number of hydrogen-bond acceptors (Lipinski definition) is 7. The fourth-order valence-electron chi connectivity index (χ4n) is 3.11. The molecular formula is C19H17NO6S. The monoisotopic (exact) mass is 387 g/mol. The van der Waals surface area contributed by atoms with E-state index >= 15 is 0 Å². The maximum atomic E-state index is 12.8. The van der Waals surface area contributed by atoms with Crippen molar-refractivity contribution in [2.75, 3.05) is 6.61 Å². The van der Waals surface area contributed by atoms with Crippen LogP contribution in [0, 0.1) is 6.92 Å². The van der Waals surface area contributed by atoms with E-state index in [1.54, 1.807) is 36.4 Å². The summed E-state index contributed by atoms with van der Waals surface area (Å²) in [6.07, 6.45) is -1.08. The van der Waals surface area contributed by atoms with Crippen molar-refractivity contribution in [1.82, 2.24) is 0 Å². The Hall–Kier alpha value is -2.71. The number of cyclic esters (lactones) is 1. The van der Waals surface area contributed by atoms with Gasteiger partial charge in [0.25, 0.3) is 15.7 Å². The highest BCUT2D eigenvalue weighted by molar-refractivity contribution is 7.86. The molecule has 0 radical (unpaired) electrons. The summed E-state index contributed by atoms with van der Waals surface area (Å²) < 4.78 is 36.2. The van der Waals surface area contributed by atoms with Crippen LogP contribution in [0.5, 0.6) is 0 Å². The Kier molecular flexibility index (Phi) is 4.24. The highest BCUT2D eigenvalue weighted by atomic mass is 32.2. The second-order valence-electron chi connectivity index (χ2n) is 6.45. The van der Waals surface area contributed by atoms with E-state index in [4.69, 9.17) is 13.8 Å². The van der Waals surface area contributed by atoms with Gasteiger partial charge < -0.3 is 9.57 Å². The molecule has 140 valence electrons. The summed E-state index contributed by atoms with van der Waals surface area (Å²) in [6.45, 7) is 1.96. The molecule has 1 saturated heterocycles. The average Bonchev–Trinajstić information content (AvgIpc) is 3.20. The van der Waals surface area contributed by atoms with Gasteiger partial charge in [-0.2, -0.15) is 8.42 Å². The number of carbonyl (C=O) groups is 1. The van der Waals surface area contributed by atoms with Crippen LogP contribution in [0.4, 0.5) is 0 Å². The molecule has 2 aliphatic rings. The number of ether oxygens (including phenoxy) is 1. The topological polar surface area (TPSA) is 91.3 Å². The number of nitrogens with zero attached hydrogens (tertiary/aromatic N) is 1. The first-order valence-corrected chi connectivity index (χ1v) is 9.82. The smallest absolute Gasteiger partial charge is 0.356 e. The molecule has 0 N–H and O–H groups in total. The normalized spacial score (nSPS) is 24.6. The van der Waals surface area contributed by atoms with Gasteiger partial charge in [0.1, 0.15) is 5.71 Å². The van der Waals surface area contributed by atoms with Gasteiger partial charge in [-0.05, 0) is 19.1 Å². The zero-order chi connectivity index (χ0) is 19.1. The van der Waals surface area contributed by atoms with E-state index in [9.17, 15) is 13.2 Å². The number of carbonyl (C=O) groups excluding carboxylic acids is 1. The van der Waals surface area contributed by atoms with Crippen molar-refractivity contribution < 1.29 is 27.0 Å². The lowest BCUT2D eigenvalue weighted by Gasteiger charge is -2.24. The second-order valence-corrected chi connectivity index (χ2v) is 8.02. The van der Waals surface area contributed by atoms with Crippen LogP contribution < -0.4 is 0 Å². The highest BCUT2D eigenvalue weighted by Gasteiger charge is 2.61. The summed E-state index contributed by atoms with van der Waals surface area (Å²) in [5.74, 6) is -0.679. The summed E-state index contributed by atoms with van der Waals surface area (Å²) in [5, 5.41) is 3.99. The molecule has 0 bridgehead atoms. The molecular weight excluding hydrogens is 370 g/mol. The predicted molar refractivity (Wildman–Crippen MR) is 95.6 cm³/mol. The number of esters is 1. The lowest BCUT2D eigenvalue weighted by Crippen LogP contribution is -2.50. The van der Waals surface area contributed by atoms with Crippen LogP contribution in [0.2, 0.25) is 0 Å².